The van der Waals surface area contributed by atoms with Crippen LogP contribution in [0.4, 0.5) is 0 Å². The maximum absolute atomic E-state index is 13.2. The summed E-state index contributed by atoms with van der Waals surface area (Å²) in [6.45, 7) is 5.79. The van der Waals surface area contributed by atoms with Crippen LogP contribution in [0.15, 0.2) is 38.3 Å². The van der Waals surface area contributed by atoms with E-state index in [1.807, 2.05) is 0 Å². The Bertz CT molecular complexity index is 1510. The fourth-order valence-electron chi connectivity index (χ4n) is 4.41. The molecule has 3 heterocycles. The Kier molecular flexibility index (Phi) is 9.03. The number of carbonyl (C=O) groups is 4. The number of aryl methyl sites for hydroxylation is 1. The smallest absolute Gasteiger partial charge is 0.303 e. The summed E-state index contributed by atoms with van der Waals surface area (Å²) in [5, 5.41) is 2.01. The molecule has 0 saturated carbocycles. The highest BCUT2D eigenvalue weighted by Gasteiger charge is 2.53. The number of ether oxygens (including phenoxy) is 6. The minimum absolute atomic E-state index is 0.141. The molecule has 0 N–H and O–H groups in total. The van der Waals surface area contributed by atoms with Crippen molar-refractivity contribution in [3.63, 3.8) is 0 Å². The average molecular weight is 590 g/mol. The van der Waals surface area contributed by atoms with Crippen LogP contribution in [0.25, 0.3) is 22.2 Å². The lowest BCUT2D eigenvalue weighted by molar-refractivity contribution is -0.288. The van der Waals surface area contributed by atoms with E-state index in [1.54, 1.807) is 17.8 Å². The molecular formula is C27H27NO12S. The van der Waals surface area contributed by atoms with Crippen molar-refractivity contribution in [1.29, 1.82) is 0 Å². The van der Waals surface area contributed by atoms with E-state index in [4.69, 9.17) is 32.8 Å². The zero-order valence-electron chi connectivity index (χ0n) is 22.7. The van der Waals surface area contributed by atoms with Crippen LogP contribution < -0.4 is 10.2 Å². The highest BCUT2D eigenvalue weighted by molar-refractivity contribution is 7.07. The molecule has 1 fully saturated rings. The Labute approximate surface area is 237 Å². The lowest BCUT2D eigenvalue weighted by Gasteiger charge is -2.43. The molecule has 2 aromatic heterocycles. The molecule has 218 valence electrons. The molecule has 1 saturated heterocycles. The number of aromatic nitrogens is 1. The number of fused-ring (bicyclic) bond motifs is 1. The van der Waals surface area contributed by atoms with Crippen molar-refractivity contribution in [2.75, 3.05) is 6.61 Å². The maximum Gasteiger partial charge on any atom is 0.303 e. The largest absolute Gasteiger partial charge is 0.463 e. The first-order chi connectivity index (χ1) is 19.4. The Hall–Kier alpha value is -4.30. The van der Waals surface area contributed by atoms with Gasteiger partial charge >= 0.3 is 23.9 Å². The van der Waals surface area contributed by atoms with Crippen LogP contribution in [0.5, 0.6) is 5.75 Å². The quantitative estimate of drug-likeness (QED) is 0.278. The van der Waals surface area contributed by atoms with E-state index in [0.29, 0.717) is 17.0 Å². The van der Waals surface area contributed by atoms with Gasteiger partial charge in [0.05, 0.1) is 22.2 Å². The molecule has 0 bridgehead atoms. The summed E-state index contributed by atoms with van der Waals surface area (Å²) in [6.07, 6.45) is -6.73. The molecule has 41 heavy (non-hydrogen) atoms. The van der Waals surface area contributed by atoms with Crippen molar-refractivity contribution in [2.24, 2.45) is 0 Å². The topological polar surface area (TPSA) is 167 Å². The predicted molar refractivity (Wildman–Crippen MR) is 141 cm³/mol. The lowest BCUT2D eigenvalue weighted by Crippen LogP contribution is -2.63. The van der Waals surface area contributed by atoms with Crippen LogP contribution in [0.2, 0.25) is 0 Å². The fraction of sp³-hybridized carbons (Fsp3) is 0.407. The minimum atomic E-state index is -1.44. The van der Waals surface area contributed by atoms with Gasteiger partial charge in [-0.3, -0.25) is 24.0 Å². The molecule has 1 aliphatic rings. The fourth-order valence-corrected chi connectivity index (χ4v) is 4.95. The summed E-state index contributed by atoms with van der Waals surface area (Å²) >= 11 is 1.35. The second-order valence-electron chi connectivity index (χ2n) is 9.08. The molecule has 5 atom stereocenters. The first-order valence-electron chi connectivity index (χ1n) is 12.4. The Balaban J connectivity index is 1.73. The van der Waals surface area contributed by atoms with Gasteiger partial charge in [0, 0.05) is 39.1 Å². The van der Waals surface area contributed by atoms with E-state index in [-0.39, 0.29) is 22.1 Å². The van der Waals surface area contributed by atoms with Gasteiger partial charge in [0.2, 0.25) is 17.8 Å². The first kappa shape index (κ1) is 29.7. The third-order valence-electron chi connectivity index (χ3n) is 5.93. The SMILES string of the molecule is CC(=O)OC[C@H]1O[C@@H](Oc2ccc3c(=O)c(-c4cscn4)c(C)oc3c2)[C@@H](OC(C)=O)[C@@H](OC(C)=O)[C@@H]1OC(C)=O. The number of thiazole rings is 1. The molecule has 0 radical (unpaired) electrons. The van der Waals surface area contributed by atoms with Crippen LogP contribution in [0.1, 0.15) is 33.5 Å². The van der Waals surface area contributed by atoms with E-state index < -0.39 is 61.2 Å². The lowest BCUT2D eigenvalue weighted by atomic mass is 9.98. The van der Waals surface area contributed by atoms with Crippen molar-refractivity contribution in [3.05, 3.63) is 45.1 Å². The number of hydrogen-bond donors (Lipinski definition) is 0. The molecular weight excluding hydrogens is 562 g/mol. The van der Waals surface area contributed by atoms with Crippen molar-refractivity contribution < 1.29 is 52.0 Å². The average Bonchev–Trinajstić information content (AvgIpc) is 3.40. The van der Waals surface area contributed by atoms with Gasteiger partial charge in [-0.15, -0.1) is 11.3 Å². The van der Waals surface area contributed by atoms with Crippen molar-refractivity contribution >= 4 is 46.2 Å². The summed E-state index contributed by atoms with van der Waals surface area (Å²) in [7, 11) is 0. The highest BCUT2D eigenvalue weighted by atomic mass is 32.1. The van der Waals surface area contributed by atoms with Crippen LogP contribution >= 0.6 is 11.3 Å². The van der Waals surface area contributed by atoms with Gasteiger partial charge in [-0.2, -0.15) is 0 Å². The van der Waals surface area contributed by atoms with Crippen LogP contribution in [0.3, 0.4) is 0 Å². The van der Waals surface area contributed by atoms with E-state index in [0.717, 1.165) is 20.8 Å². The van der Waals surface area contributed by atoms with E-state index in [2.05, 4.69) is 4.98 Å². The van der Waals surface area contributed by atoms with Crippen LogP contribution in [0, 0.1) is 6.92 Å². The number of nitrogens with zero attached hydrogens (tertiary/aromatic N) is 1. The summed E-state index contributed by atoms with van der Waals surface area (Å²) in [5.41, 5.74) is 2.37. The molecule has 1 aromatic carbocycles. The van der Waals surface area contributed by atoms with E-state index in [1.165, 1.54) is 36.5 Å². The second kappa shape index (κ2) is 12.5. The van der Waals surface area contributed by atoms with Gasteiger partial charge in [-0.05, 0) is 19.1 Å². The van der Waals surface area contributed by atoms with E-state index >= 15 is 0 Å². The number of carbonyl (C=O) groups excluding carboxylic acids is 4. The number of esters is 4. The Morgan fingerprint density at radius 3 is 2.20 bits per heavy atom. The third kappa shape index (κ3) is 6.89. The predicted octanol–water partition coefficient (Wildman–Crippen LogP) is 2.69. The van der Waals surface area contributed by atoms with Gasteiger partial charge < -0.3 is 32.8 Å². The van der Waals surface area contributed by atoms with Gasteiger partial charge in [-0.1, -0.05) is 0 Å². The number of rotatable bonds is 8. The standard InChI is InChI=1S/C27H27NO12S/c1-12-22(19-10-41-11-28-19)23(33)18-7-6-17(8-20(18)35-12)39-27-26(38-16(5)32)25(37-15(4)31)24(36-14(3)30)21(40-27)9-34-13(2)29/h6-8,10-11,21,24-27H,9H2,1-5H3/t21-,24-,25+,26+,27-/m1/s1. The normalized spacial score (nSPS) is 22.0. The second-order valence-corrected chi connectivity index (χ2v) is 9.80. The van der Waals surface area contributed by atoms with Crippen LogP contribution in [-0.4, -0.2) is 66.2 Å². The summed E-state index contributed by atoms with van der Waals surface area (Å²) in [5.74, 6) is -2.44. The molecule has 13 nitrogen and oxygen atoms in total. The van der Waals surface area contributed by atoms with Crippen LogP contribution in [-0.2, 0) is 42.9 Å². The Morgan fingerprint density at radius 2 is 1.59 bits per heavy atom. The van der Waals surface area contributed by atoms with Gasteiger partial charge in [0.25, 0.3) is 0 Å². The van der Waals surface area contributed by atoms with Gasteiger partial charge in [0.1, 0.15) is 29.8 Å². The molecule has 0 unspecified atom stereocenters. The molecule has 4 rings (SSSR count). The summed E-state index contributed by atoms with van der Waals surface area (Å²) in [4.78, 5) is 64.9. The molecule has 0 aliphatic carbocycles. The van der Waals surface area contributed by atoms with E-state index in [9.17, 15) is 24.0 Å². The summed E-state index contributed by atoms with van der Waals surface area (Å²) < 4.78 is 39.1. The third-order valence-corrected chi connectivity index (χ3v) is 6.52. The van der Waals surface area contributed by atoms with Crippen molar-refractivity contribution in [3.8, 4) is 17.0 Å². The monoisotopic (exact) mass is 589 g/mol. The maximum atomic E-state index is 13.2. The van der Waals surface area contributed by atoms with Crippen molar-refractivity contribution in [2.45, 2.75) is 65.3 Å². The molecule has 1 aliphatic heterocycles. The molecule has 0 amide bonds. The molecule has 3 aromatic rings. The van der Waals surface area contributed by atoms with Gasteiger partial charge in [0.15, 0.2) is 12.2 Å². The number of hydrogen-bond acceptors (Lipinski definition) is 14. The highest BCUT2D eigenvalue weighted by Crippen LogP contribution is 2.32. The molecule has 0 spiro atoms. The van der Waals surface area contributed by atoms with Gasteiger partial charge in [-0.25, -0.2) is 4.98 Å². The molecule has 14 heteroatoms. The summed E-state index contributed by atoms with van der Waals surface area (Å²) in [6, 6.07) is 4.42. The zero-order valence-corrected chi connectivity index (χ0v) is 23.6. The first-order valence-corrected chi connectivity index (χ1v) is 13.3. The Morgan fingerprint density at radius 1 is 0.927 bits per heavy atom. The zero-order chi connectivity index (χ0) is 29.8. The number of benzene rings is 1. The minimum Gasteiger partial charge on any atom is -0.463 e. The van der Waals surface area contributed by atoms with Crippen molar-refractivity contribution in [1.82, 2.24) is 4.98 Å².